The van der Waals surface area contributed by atoms with E-state index in [0.29, 0.717) is 0 Å². The third-order valence-corrected chi connectivity index (χ3v) is 1.39. The molecule has 2 radical (unpaired) electrons. The number of hydrogen-bond acceptors (Lipinski definition) is 1. The minimum absolute atomic E-state index is 0.810. The molecule has 2 heteroatoms. The molecular weight excluding hydrogens is 121 g/mol. The van der Waals surface area contributed by atoms with Gasteiger partial charge < -0.3 is 0 Å². The summed E-state index contributed by atoms with van der Waals surface area (Å²) >= 11 is 0. The van der Waals surface area contributed by atoms with Gasteiger partial charge in [0, 0.05) is 13.3 Å². The predicted octanol–water partition coefficient (Wildman–Crippen LogP) is 1.93. The van der Waals surface area contributed by atoms with Crippen molar-refractivity contribution in [2.45, 2.75) is 26.7 Å². The van der Waals surface area contributed by atoms with Gasteiger partial charge in [-0.3, -0.25) is 4.99 Å². The van der Waals surface area contributed by atoms with E-state index in [1.54, 1.807) is 13.3 Å². The van der Waals surface area contributed by atoms with Crippen LogP contribution in [0.4, 0.5) is 0 Å². The zero-order valence-corrected chi connectivity index (χ0v) is 7.02. The highest BCUT2D eigenvalue weighted by atomic mass is 14.6. The van der Waals surface area contributed by atoms with E-state index < -0.39 is 0 Å². The lowest BCUT2D eigenvalue weighted by molar-refractivity contribution is 0.905. The van der Waals surface area contributed by atoms with Gasteiger partial charge in [-0.15, -0.1) is 0 Å². The van der Waals surface area contributed by atoms with Crippen molar-refractivity contribution in [2.75, 3.05) is 7.05 Å². The van der Waals surface area contributed by atoms with Crippen LogP contribution in [-0.4, -0.2) is 21.1 Å². The second kappa shape index (κ2) is 5.27. The summed E-state index contributed by atoms with van der Waals surface area (Å²) in [6.45, 7) is 4.18. The lowest BCUT2D eigenvalue weighted by Gasteiger charge is -2.00. The minimum atomic E-state index is 0.810. The number of aliphatic imine (C=N–C) groups is 1. The van der Waals surface area contributed by atoms with E-state index in [1.165, 1.54) is 5.57 Å². The van der Waals surface area contributed by atoms with Crippen molar-refractivity contribution in [3.05, 3.63) is 11.0 Å². The monoisotopic (exact) mass is 135 g/mol. The smallest absolute Gasteiger partial charge is 0.115 e. The van der Waals surface area contributed by atoms with Gasteiger partial charge in [-0.2, -0.15) is 0 Å². The maximum atomic E-state index is 5.64. The van der Waals surface area contributed by atoms with Crippen molar-refractivity contribution in [2.24, 2.45) is 4.99 Å². The largest absolute Gasteiger partial charge is 0.297 e. The van der Waals surface area contributed by atoms with Gasteiger partial charge in [-0.1, -0.05) is 24.4 Å². The molecule has 0 amide bonds. The van der Waals surface area contributed by atoms with Crippen molar-refractivity contribution >= 4 is 14.1 Å². The summed E-state index contributed by atoms with van der Waals surface area (Å²) in [5.74, 6) is 0. The third kappa shape index (κ3) is 3.49. The Morgan fingerprint density at radius 3 is 2.60 bits per heavy atom. The number of rotatable bonds is 3. The van der Waals surface area contributed by atoms with Gasteiger partial charge in [-0.25, -0.2) is 0 Å². The van der Waals surface area contributed by atoms with Gasteiger partial charge in [0.05, 0.1) is 0 Å². The molecule has 0 unspecified atom stereocenters. The molecule has 0 aromatic heterocycles. The Hall–Kier alpha value is -0.525. The van der Waals surface area contributed by atoms with Crippen LogP contribution in [0.1, 0.15) is 26.7 Å². The molecule has 54 valence electrons. The van der Waals surface area contributed by atoms with Crippen LogP contribution in [0, 0.1) is 0 Å². The highest BCUT2D eigenvalue weighted by molar-refractivity contribution is 6.33. The molecule has 0 fully saturated rings. The molecule has 0 bridgehead atoms. The van der Waals surface area contributed by atoms with Gasteiger partial charge in [-0.05, 0) is 13.3 Å². The van der Waals surface area contributed by atoms with E-state index in [2.05, 4.69) is 11.9 Å². The Labute approximate surface area is 64.7 Å². The van der Waals surface area contributed by atoms with E-state index in [0.717, 1.165) is 18.3 Å². The number of nitrogens with zero attached hydrogens (tertiary/aromatic N) is 1. The maximum absolute atomic E-state index is 5.64. The molecule has 0 aromatic rings. The van der Waals surface area contributed by atoms with Gasteiger partial charge in [0.15, 0.2) is 0 Å². The average Bonchev–Trinajstić information content (AvgIpc) is 1.89. The Balaban J connectivity index is 4.04. The van der Waals surface area contributed by atoms with E-state index in [1.807, 2.05) is 6.92 Å². The molecule has 1 nitrogen and oxygen atoms in total. The summed E-state index contributed by atoms with van der Waals surface area (Å²) < 4.78 is 0. The van der Waals surface area contributed by atoms with Gasteiger partial charge in [0.2, 0.25) is 0 Å². The molecule has 0 aliphatic rings. The number of allylic oxidation sites excluding steroid dienone is 2. The second-order valence-corrected chi connectivity index (χ2v) is 2.37. The zero-order chi connectivity index (χ0) is 7.98. The average molecular weight is 135 g/mol. The first kappa shape index (κ1) is 9.47. The predicted molar refractivity (Wildman–Crippen MR) is 47.8 cm³/mol. The van der Waals surface area contributed by atoms with Crippen LogP contribution >= 0.6 is 0 Å². The molecule has 0 aromatic carbocycles. The van der Waals surface area contributed by atoms with Crippen molar-refractivity contribution in [1.29, 1.82) is 0 Å². The molecule has 0 N–H and O–H groups in total. The van der Waals surface area contributed by atoms with Crippen LogP contribution in [0.2, 0.25) is 0 Å². The Morgan fingerprint density at radius 2 is 2.20 bits per heavy atom. The number of hydrogen-bond donors (Lipinski definition) is 0. The third-order valence-electron chi connectivity index (χ3n) is 1.39. The van der Waals surface area contributed by atoms with E-state index in [9.17, 15) is 0 Å². The Morgan fingerprint density at radius 1 is 1.60 bits per heavy atom. The fraction of sp³-hybridized carbons (Fsp3) is 0.625. The molecule has 0 saturated heterocycles. The van der Waals surface area contributed by atoms with Crippen LogP contribution in [0.15, 0.2) is 16.0 Å². The molecule has 0 atom stereocenters. The molecule has 0 heterocycles. The minimum Gasteiger partial charge on any atom is -0.297 e. The summed E-state index contributed by atoms with van der Waals surface area (Å²) in [6.07, 6.45) is 3.91. The fourth-order valence-electron chi connectivity index (χ4n) is 0.769. The Bertz CT molecular complexity index is 147. The highest BCUT2D eigenvalue weighted by Gasteiger charge is 1.90. The zero-order valence-electron chi connectivity index (χ0n) is 7.02. The van der Waals surface area contributed by atoms with Crippen molar-refractivity contribution < 1.29 is 0 Å². The molecule has 0 aliphatic carbocycles. The molecule has 0 rings (SSSR count). The lowest BCUT2D eigenvalue weighted by atomic mass is 9.90. The van der Waals surface area contributed by atoms with Gasteiger partial charge in [0.1, 0.15) is 7.85 Å². The molecule has 0 spiro atoms. The SMILES string of the molecule is [B]/C(C=NC)=C(\C)CCC. The molecule has 0 aliphatic heterocycles. The fourth-order valence-corrected chi connectivity index (χ4v) is 0.769. The molecule has 10 heavy (non-hydrogen) atoms. The first-order chi connectivity index (χ1) is 4.72. The van der Waals surface area contributed by atoms with Gasteiger partial charge >= 0.3 is 0 Å². The lowest BCUT2D eigenvalue weighted by Crippen LogP contribution is -1.89. The van der Waals surface area contributed by atoms with Crippen LogP contribution in [0.25, 0.3) is 0 Å². The highest BCUT2D eigenvalue weighted by Crippen LogP contribution is 2.05. The van der Waals surface area contributed by atoms with Crippen LogP contribution in [0.3, 0.4) is 0 Å². The van der Waals surface area contributed by atoms with Crippen molar-refractivity contribution in [3.63, 3.8) is 0 Å². The topological polar surface area (TPSA) is 12.4 Å². The van der Waals surface area contributed by atoms with E-state index >= 15 is 0 Å². The Kier molecular flexibility index (Phi) is 5.00. The summed E-state index contributed by atoms with van der Waals surface area (Å²) in [4.78, 5) is 3.83. The standard InChI is InChI=1S/C8H14BN/c1-4-5-7(2)8(9)6-10-3/h6H,4-5H2,1-3H3/b8-7+,10-6?. The van der Waals surface area contributed by atoms with Crippen LogP contribution in [-0.2, 0) is 0 Å². The first-order valence-corrected chi connectivity index (χ1v) is 3.59. The van der Waals surface area contributed by atoms with E-state index in [4.69, 9.17) is 7.85 Å². The maximum Gasteiger partial charge on any atom is 0.115 e. The van der Waals surface area contributed by atoms with Crippen molar-refractivity contribution in [3.8, 4) is 0 Å². The summed E-state index contributed by atoms with van der Waals surface area (Å²) in [6, 6.07) is 0. The second-order valence-electron chi connectivity index (χ2n) is 2.37. The summed E-state index contributed by atoms with van der Waals surface area (Å²) in [5.41, 5.74) is 2.04. The van der Waals surface area contributed by atoms with Gasteiger partial charge in [0.25, 0.3) is 0 Å². The molecule has 0 saturated carbocycles. The van der Waals surface area contributed by atoms with Crippen molar-refractivity contribution in [1.82, 2.24) is 0 Å². The van der Waals surface area contributed by atoms with Crippen LogP contribution < -0.4 is 0 Å². The quantitative estimate of drug-likeness (QED) is 0.414. The van der Waals surface area contributed by atoms with E-state index in [-0.39, 0.29) is 0 Å². The molecular formula is C8H14BN. The normalized spacial score (nSPS) is 13.9. The summed E-state index contributed by atoms with van der Waals surface area (Å²) in [7, 11) is 7.37. The first-order valence-electron chi connectivity index (χ1n) is 3.59. The summed E-state index contributed by atoms with van der Waals surface area (Å²) in [5, 5.41) is 0. The van der Waals surface area contributed by atoms with Crippen LogP contribution in [0.5, 0.6) is 0 Å².